The van der Waals surface area contributed by atoms with E-state index in [4.69, 9.17) is 9.47 Å². The molecule has 2 aliphatic rings. The van der Waals surface area contributed by atoms with Crippen LogP contribution in [0.25, 0.3) is 0 Å². The van der Waals surface area contributed by atoms with Crippen molar-refractivity contribution in [1.82, 2.24) is 9.88 Å². The Bertz CT molecular complexity index is 807. The van der Waals surface area contributed by atoms with Crippen molar-refractivity contribution in [3.8, 4) is 11.5 Å². The molecule has 1 saturated carbocycles. The standard InChI is InChI=1S/C23H30N2O3/c1-16-7-10-22(24-12-16)23(26)18-5-4-6-19(23)15-25(14-18)13-17-8-9-20(27-2)11-21(17)28-3/h7-12,18-19,26H,4-6,13-15H2,1-3H3/t18-,19-/m1/s1. The predicted octanol–water partition coefficient (Wildman–Crippen LogP) is 3.53. The van der Waals surface area contributed by atoms with E-state index in [9.17, 15) is 5.11 Å². The molecule has 2 bridgehead atoms. The predicted molar refractivity (Wildman–Crippen MR) is 109 cm³/mol. The molecule has 1 aromatic carbocycles. The molecule has 1 N–H and O–H groups in total. The SMILES string of the molecule is COc1ccc(CN2C[C@H]3CCC[C@H](C2)C3(O)c2ccc(C)cn2)c(OC)c1. The fourth-order valence-electron chi connectivity index (χ4n) is 5.02. The summed E-state index contributed by atoms with van der Waals surface area (Å²) in [6, 6.07) is 10.1. The summed E-state index contributed by atoms with van der Waals surface area (Å²) >= 11 is 0. The summed E-state index contributed by atoms with van der Waals surface area (Å²) in [7, 11) is 3.37. The van der Waals surface area contributed by atoms with Crippen LogP contribution >= 0.6 is 0 Å². The van der Waals surface area contributed by atoms with E-state index < -0.39 is 5.60 Å². The number of aliphatic hydroxyl groups is 1. The van der Waals surface area contributed by atoms with Crippen molar-refractivity contribution in [2.24, 2.45) is 11.8 Å². The Balaban J connectivity index is 1.56. The van der Waals surface area contributed by atoms with Crippen LogP contribution in [0.5, 0.6) is 11.5 Å². The molecule has 5 nitrogen and oxygen atoms in total. The average Bonchev–Trinajstić information content (AvgIpc) is 2.69. The summed E-state index contributed by atoms with van der Waals surface area (Å²) < 4.78 is 10.9. The van der Waals surface area contributed by atoms with Gasteiger partial charge in [-0.3, -0.25) is 9.88 Å². The van der Waals surface area contributed by atoms with Crippen LogP contribution < -0.4 is 9.47 Å². The molecule has 0 spiro atoms. The fraction of sp³-hybridized carbons (Fsp3) is 0.522. The highest BCUT2D eigenvalue weighted by Crippen LogP contribution is 2.49. The second-order valence-corrected chi connectivity index (χ2v) is 8.24. The minimum Gasteiger partial charge on any atom is -0.497 e. The molecule has 1 aliphatic heterocycles. The highest BCUT2D eigenvalue weighted by Gasteiger charge is 2.52. The maximum absolute atomic E-state index is 11.7. The molecule has 2 aromatic rings. The Morgan fingerprint density at radius 3 is 2.46 bits per heavy atom. The maximum Gasteiger partial charge on any atom is 0.127 e. The molecule has 4 rings (SSSR count). The van der Waals surface area contributed by atoms with Gasteiger partial charge in [-0.05, 0) is 37.5 Å². The summed E-state index contributed by atoms with van der Waals surface area (Å²) in [4.78, 5) is 7.07. The molecule has 150 valence electrons. The number of fused-ring (bicyclic) bond motifs is 2. The van der Waals surface area contributed by atoms with Crippen LogP contribution in [0.1, 0.15) is 36.1 Å². The topological polar surface area (TPSA) is 54.8 Å². The van der Waals surface area contributed by atoms with E-state index in [1.54, 1.807) is 14.2 Å². The van der Waals surface area contributed by atoms with Gasteiger partial charge < -0.3 is 14.6 Å². The number of aromatic nitrogens is 1. The van der Waals surface area contributed by atoms with Gasteiger partial charge >= 0.3 is 0 Å². The van der Waals surface area contributed by atoms with Crippen molar-refractivity contribution >= 4 is 0 Å². The van der Waals surface area contributed by atoms with Crippen LogP contribution in [-0.2, 0) is 12.1 Å². The van der Waals surface area contributed by atoms with Gasteiger partial charge in [0.15, 0.2) is 0 Å². The average molecular weight is 383 g/mol. The van der Waals surface area contributed by atoms with E-state index >= 15 is 0 Å². The van der Waals surface area contributed by atoms with Gasteiger partial charge in [0.2, 0.25) is 0 Å². The molecule has 1 aliphatic carbocycles. The Kier molecular flexibility index (Phi) is 5.30. The number of pyridine rings is 1. The van der Waals surface area contributed by atoms with Crippen molar-refractivity contribution < 1.29 is 14.6 Å². The van der Waals surface area contributed by atoms with Crippen molar-refractivity contribution in [3.05, 3.63) is 53.3 Å². The number of likely N-dealkylation sites (tertiary alicyclic amines) is 1. The molecule has 28 heavy (non-hydrogen) atoms. The van der Waals surface area contributed by atoms with E-state index in [-0.39, 0.29) is 11.8 Å². The molecule has 5 heteroatoms. The first kappa shape index (κ1) is 19.2. The molecule has 0 radical (unpaired) electrons. The molecule has 0 unspecified atom stereocenters. The molecule has 0 amide bonds. The number of ether oxygens (including phenoxy) is 2. The number of benzene rings is 1. The van der Waals surface area contributed by atoms with E-state index in [2.05, 4.69) is 22.0 Å². The van der Waals surface area contributed by atoms with Crippen molar-refractivity contribution in [2.45, 2.75) is 38.3 Å². The number of nitrogens with zero attached hydrogens (tertiary/aromatic N) is 2. The smallest absolute Gasteiger partial charge is 0.127 e. The van der Waals surface area contributed by atoms with Gasteiger partial charge in [0.25, 0.3) is 0 Å². The third-order valence-corrected chi connectivity index (χ3v) is 6.52. The van der Waals surface area contributed by atoms with E-state index in [0.29, 0.717) is 0 Å². The molecule has 1 saturated heterocycles. The zero-order chi connectivity index (χ0) is 19.7. The molecular weight excluding hydrogens is 352 g/mol. The lowest BCUT2D eigenvalue weighted by Crippen LogP contribution is -2.58. The normalized spacial score (nSPS) is 27.4. The number of methoxy groups -OCH3 is 2. The van der Waals surface area contributed by atoms with Gasteiger partial charge in [-0.2, -0.15) is 0 Å². The molecule has 2 atom stereocenters. The van der Waals surface area contributed by atoms with Crippen LogP contribution in [-0.4, -0.2) is 42.3 Å². The summed E-state index contributed by atoms with van der Waals surface area (Å²) in [6.45, 7) is 4.60. The van der Waals surface area contributed by atoms with Gasteiger partial charge in [-0.15, -0.1) is 0 Å². The van der Waals surface area contributed by atoms with Crippen molar-refractivity contribution in [2.75, 3.05) is 27.3 Å². The van der Waals surface area contributed by atoms with Gasteiger partial charge in [0, 0.05) is 49.3 Å². The second-order valence-electron chi connectivity index (χ2n) is 8.24. The number of piperidine rings is 1. The number of rotatable bonds is 5. The lowest BCUT2D eigenvalue weighted by Gasteiger charge is -2.52. The quantitative estimate of drug-likeness (QED) is 0.857. The Morgan fingerprint density at radius 1 is 1.11 bits per heavy atom. The Labute approximate surface area is 167 Å². The Morgan fingerprint density at radius 2 is 1.86 bits per heavy atom. The monoisotopic (exact) mass is 382 g/mol. The minimum atomic E-state index is -0.813. The second kappa shape index (κ2) is 7.72. The summed E-state index contributed by atoms with van der Waals surface area (Å²) in [6.07, 6.45) is 5.14. The van der Waals surface area contributed by atoms with Gasteiger partial charge in [0.05, 0.1) is 19.9 Å². The van der Waals surface area contributed by atoms with E-state index in [0.717, 1.165) is 60.8 Å². The van der Waals surface area contributed by atoms with Gasteiger partial charge in [-0.25, -0.2) is 0 Å². The van der Waals surface area contributed by atoms with E-state index in [1.807, 2.05) is 31.3 Å². The van der Waals surface area contributed by atoms with Crippen LogP contribution in [0.15, 0.2) is 36.5 Å². The van der Waals surface area contributed by atoms with Gasteiger partial charge in [0.1, 0.15) is 17.1 Å². The zero-order valence-electron chi connectivity index (χ0n) is 17.0. The van der Waals surface area contributed by atoms with Crippen LogP contribution in [0.2, 0.25) is 0 Å². The molecular formula is C23H30N2O3. The van der Waals surface area contributed by atoms with E-state index in [1.165, 1.54) is 6.42 Å². The first-order valence-electron chi connectivity index (χ1n) is 10.1. The lowest BCUT2D eigenvalue weighted by atomic mass is 9.64. The van der Waals surface area contributed by atoms with Crippen LogP contribution in [0, 0.1) is 18.8 Å². The van der Waals surface area contributed by atoms with Crippen molar-refractivity contribution in [1.29, 1.82) is 0 Å². The van der Waals surface area contributed by atoms with Crippen molar-refractivity contribution in [3.63, 3.8) is 0 Å². The summed E-state index contributed by atoms with van der Waals surface area (Å²) in [5, 5.41) is 11.7. The first-order valence-corrected chi connectivity index (χ1v) is 10.1. The molecule has 2 fully saturated rings. The third kappa shape index (κ3) is 3.38. The molecule has 2 heterocycles. The van der Waals surface area contributed by atoms with Crippen LogP contribution in [0.4, 0.5) is 0 Å². The largest absolute Gasteiger partial charge is 0.497 e. The van der Waals surface area contributed by atoms with Gasteiger partial charge in [-0.1, -0.05) is 18.6 Å². The minimum absolute atomic E-state index is 0.208. The Hall–Kier alpha value is -2.11. The first-order chi connectivity index (χ1) is 13.5. The summed E-state index contributed by atoms with van der Waals surface area (Å²) in [5.74, 6) is 2.07. The number of hydrogen-bond donors (Lipinski definition) is 1. The number of aryl methyl sites for hydroxylation is 1. The zero-order valence-corrected chi connectivity index (χ0v) is 17.0. The lowest BCUT2D eigenvalue weighted by molar-refractivity contribution is -0.151. The highest BCUT2D eigenvalue weighted by molar-refractivity contribution is 5.40. The highest BCUT2D eigenvalue weighted by atomic mass is 16.5. The molecule has 1 aromatic heterocycles. The maximum atomic E-state index is 11.7. The van der Waals surface area contributed by atoms with Crippen LogP contribution in [0.3, 0.4) is 0 Å². The fourth-order valence-corrected chi connectivity index (χ4v) is 5.02. The summed E-state index contributed by atoms with van der Waals surface area (Å²) in [5.41, 5.74) is 2.31. The third-order valence-electron chi connectivity index (χ3n) is 6.52. The number of hydrogen-bond acceptors (Lipinski definition) is 5.